The third-order valence-electron chi connectivity index (χ3n) is 4.56. The lowest BCUT2D eigenvalue weighted by molar-refractivity contribution is 0.224. The highest BCUT2D eigenvalue weighted by Crippen LogP contribution is 2.24. The molecule has 1 aliphatic rings. The molecule has 0 saturated carbocycles. The normalized spacial score (nSPS) is 16.6. The van der Waals surface area contributed by atoms with Crippen LogP contribution in [0.15, 0.2) is 48.5 Å². The molecular formula is C20H22FN3. The molecule has 1 fully saturated rings. The molecule has 124 valence electrons. The van der Waals surface area contributed by atoms with Crippen molar-refractivity contribution in [1.82, 2.24) is 4.90 Å². The average Bonchev–Trinajstić information content (AvgIpc) is 2.64. The van der Waals surface area contributed by atoms with Crippen LogP contribution in [0.1, 0.15) is 17.2 Å². The lowest BCUT2D eigenvalue weighted by Crippen LogP contribution is -2.47. The third kappa shape index (κ3) is 3.59. The van der Waals surface area contributed by atoms with Crippen molar-refractivity contribution >= 4 is 5.69 Å². The molecule has 0 amide bonds. The molecule has 0 spiro atoms. The highest BCUT2D eigenvalue weighted by Gasteiger charge is 2.23. The summed E-state index contributed by atoms with van der Waals surface area (Å²) < 4.78 is 13.1. The largest absolute Gasteiger partial charge is 0.369 e. The number of nitrogens with two attached hydrogens (primary N) is 1. The van der Waals surface area contributed by atoms with Crippen molar-refractivity contribution in [2.24, 2.45) is 5.73 Å². The molecular weight excluding hydrogens is 301 g/mol. The number of rotatable bonds is 4. The zero-order valence-corrected chi connectivity index (χ0v) is 13.7. The van der Waals surface area contributed by atoms with Gasteiger partial charge in [-0.3, -0.25) is 4.90 Å². The third-order valence-corrected chi connectivity index (χ3v) is 4.56. The first kappa shape index (κ1) is 16.5. The van der Waals surface area contributed by atoms with E-state index in [9.17, 15) is 4.39 Å². The highest BCUT2D eigenvalue weighted by molar-refractivity contribution is 5.46. The SMILES string of the molecule is C#CC(c1ccc(CN)cc1)N1CCN(c2ccc(F)cc2)CC1. The molecule has 1 atom stereocenters. The van der Waals surface area contributed by atoms with Crippen molar-refractivity contribution in [1.29, 1.82) is 0 Å². The lowest BCUT2D eigenvalue weighted by Gasteiger charge is -2.38. The van der Waals surface area contributed by atoms with Gasteiger partial charge in [0.15, 0.2) is 0 Å². The van der Waals surface area contributed by atoms with E-state index in [0.29, 0.717) is 6.54 Å². The molecule has 1 saturated heterocycles. The summed E-state index contributed by atoms with van der Waals surface area (Å²) in [5, 5.41) is 0. The Morgan fingerprint density at radius 3 is 2.17 bits per heavy atom. The van der Waals surface area contributed by atoms with Gasteiger partial charge in [0.1, 0.15) is 5.82 Å². The summed E-state index contributed by atoms with van der Waals surface area (Å²) in [4.78, 5) is 4.58. The molecule has 2 aromatic carbocycles. The van der Waals surface area contributed by atoms with E-state index in [1.807, 2.05) is 24.3 Å². The van der Waals surface area contributed by atoms with Crippen molar-refractivity contribution in [2.75, 3.05) is 31.1 Å². The van der Waals surface area contributed by atoms with Crippen molar-refractivity contribution in [2.45, 2.75) is 12.6 Å². The van der Waals surface area contributed by atoms with E-state index in [0.717, 1.165) is 43.0 Å². The molecule has 4 heteroatoms. The van der Waals surface area contributed by atoms with Crippen LogP contribution in [0.2, 0.25) is 0 Å². The second-order valence-corrected chi connectivity index (χ2v) is 6.01. The molecule has 0 radical (unpaired) electrons. The monoisotopic (exact) mass is 323 g/mol. The number of hydrogen-bond donors (Lipinski definition) is 1. The first-order chi connectivity index (χ1) is 11.7. The van der Waals surface area contributed by atoms with Crippen LogP contribution in [0.5, 0.6) is 0 Å². The van der Waals surface area contributed by atoms with Crippen molar-refractivity contribution in [3.05, 3.63) is 65.5 Å². The zero-order valence-electron chi connectivity index (χ0n) is 13.7. The number of terminal acetylenes is 1. The van der Waals surface area contributed by atoms with Crippen LogP contribution in [0.3, 0.4) is 0 Å². The van der Waals surface area contributed by atoms with Crippen molar-refractivity contribution < 1.29 is 4.39 Å². The molecule has 3 rings (SSSR count). The molecule has 3 nitrogen and oxygen atoms in total. The molecule has 2 aromatic rings. The van der Waals surface area contributed by atoms with Crippen LogP contribution in [0, 0.1) is 18.2 Å². The topological polar surface area (TPSA) is 32.5 Å². The number of nitrogens with zero attached hydrogens (tertiary/aromatic N) is 2. The van der Waals surface area contributed by atoms with Gasteiger partial charge < -0.3 is 10.6 Å². The van der Waals surface area contributed by atoms with Gasteiger partial charge in [-0.15, -0.1) is 6.42 Å². The Kier molecular flexibility index (Phi) is 5.14. The summed E-state index contributed by atoms with van der Waals surface area (Å²) in [5.41, 5.74) is 8.94. The van der Waals surface area contributed by atoms with Gasteiger partial charge in [-0.05, 0) is 35.4 Å². The van der Waals surface area contributed by atoms with Gasteiger partial charge in [0.05, 0.1) is 6.04 Å². The molecule has 0 aromatic heterocycles. The summed E-state index contributed by atoms with van der Waals surface area (Å²) in [7, 11) is 0. The fraction of sp³-hybridized carbons (Fsp3) is 0.300. The Morgan fingerprint density at radius 1 is 1.00 bits per heavy atom. The van der Waals surface area contributed by atoms with Crippen LogP contribution in [0.25, 0.3) is 0 Å². The second kappa shape index (κ2) is 7.48. The van der Waals surface area contributed by atoms with E-state index in [2.05, 4.69) is 27.9 Å². The maximum atomic E-state index is 13.1. The average molecular weight is 323 g/mol. The smallest absolute Gasteiger partial charge is 0.123 e. The molecule has 24 heavy (non-hydrogen) atoms. The Morgan fingerprint density at radius 2 is 1.62 bits per heavy atom. The van der Waals surface area contributed by atoms with Gasteiger partial charge in [0.2, 0.25) is 0 Å². The number of hydrogen-bond acceptors (Lipinski definition) is 3. The van der Waals surface area contributed by atoms with E-state index < -0.39 is 0 Å². The Hall–Kier alpha value is -2.35. The first-order valence-electron chi connectivity index (χ1n) is 8.21. The number of benzene rings is 2. The molecule has 0 bridgehead atoms. The van der Waals surface area contributed by atoms with Crippen LogP contribution in [-0.4, -0.2) is 31.1 Å². The van der Waals surface area contributed by atoms with Crippen molar-refractivity contribution in [3.8, 4) is 12.3 Å². The van der Waals surface area contributed by atoms with Crippen molar-refractivity contribution in [3.63, 3.8) is 0 Å². The fourth-order valence-electron chi connectivity index (χ4n) is 3.14. The minimum absolute atomic E-state index is 0.0211. The van der Waals surface area contributed by atoms with Crippen LogP contribution < -0.4 is 10.6 Å². The van der Waals surface area contributed by atoms with Gasteiger partial charge >= 0.3 is 0 Å². The zero-order chi connectivity index (χ0) is 16.9. The second-order valence-electron chi connectivity index (χ2n) is 6.01. The molecule has 1 aliphatic heterocycles. The number of piperazine rings is 1. The van der Waals surface area contributed by atoms with Crippen LogP contribution in [-0.2, 0) is 6.54 Å². The molecule has 0 aliphatic carbocycles. The maximum absolute atomic E-state index is 13.1. The predicted octanol–water partition coefficient (Wildman–Crippen LogP) is 2.78. The summed E-state index contributed by atoms with van der Waals surface area (Å²) in [6.45, 7) is 4.06. The van der Waals surface area contributed by atoms with E-state index >= 15 is 0 Å². The lowest BCUT2D eigenvalue weighted by atomic mass is 10.0. The molecule has 1 heterocycles. The highest BCUT2D eigenvalue weighted by atomic mass is 19.1. The summed E-state index contributed by atoms with van der Waals surface area (Å²) in [6, 6.07) is 14.9. The maximum Gasteiger partial charge on any atom is 0.123 e. The van der Waals surface area contributed by atoms with E-state index in [1.54, 1.807) is 0 Å². The van der Waals surface area contributed by atoms with Gasteiger partial charge in [0, 0.05) is 38.4 Å². The van der Waals surface area contributed by atoms with Gasteiger partial charge in [0.25, 0.3) is 0 Å². The van der Waals surface area contributed by atoms with E-state index in [1.165, 1.54) is 12.1 Å². The Labute approximate surface area is 142 Å². The van der Waals surface area contributed by atoms with E-state index in [-0.39, 0.29) is 11.9 Å². The van der Waals surface area contributed by atoms with Crippen LogP contribution in [0.4, 0.5) is 10.1 Å². The molecule has 2 N–H and O–H groups in total. The van der Waals surface area contributed by atoms with Gasteiger partial charge in [-0.2, -0.15) is 0 Å². The van der Waals surface area contributed by atoms with E-state index in [4.69, 9.17) is 12.2 Å². The fourth-order valence-corrected chi connectivity index (χ4v) is 3.14. The quantitative estimate of drug-likeness (QED) is 0.878. The van der Waals surface area contributed by atoms with Gasteiger partial charge in [-0.25, -0.2) is 4.39 Å². The number of halogens is 1. The Bertz CT molecular complexity index is 695. The Balaban J connectivity index is 1.65. The first-order valence-corrected chi connectivity index (χ1v) is 8.21. The van der Waals surface area contributed by atoms with Crippen LogP contribution >= 0.6 is 0 Å². The summed E-state index contributed by atoms with van der Waals surface area (Å²) >= 11 is 0. The minimum atomic E-state index is -0.203. The summed E-state index contributed by atoms with van der Waals surface area (Å²) in [6.07, 6.45) is 5.80. The van der Waals surface area contributed by atoms with Gasteiger partial charge in [-0.1, -0.05) is 30.2 Å². The minimum Gasteiger partial charge on any atom is -0.369 e. The number of anilines is 1. The molecule has 1 unspecified atom stereocenters. The predicted molar refractivity (Wildman–Crippen MR) is 96.1 cm³/mol. The standard InChI is InChI=1S/C20H22FN3/c1-2-20(17-5-3-16(15-22)4-6-17)24-13-11-23(12-14-24)19-9-7-18(21)8-10-19/h1,3-10,20H,11-15,22H2. The summed E-state index contributed by atoms with van der Waals surface area (Å²) in [5.74, 6) is 2.71.